The maximum Gasteiger partial charge on any atom is 0.416 e. The topological polar surface area (TPSA) is 254 Å². The molecule has 0 spiro atoms. The number of aromatic nitrogens is 4. The summed E-state index contributed by atoms with van der Waals surface area (Å²) in [6, 6.07) is 12.2. The zero-order chi connectivity index (χ0) is 54.2. The van der Waals surface area contributed by atoms with E-state index in [9.17, 15) is 47.2 Å². The van der Waals surface area contributed by atoms with Crippen molar-refractivity contribution < 1.29 is 56.5 Å². The van der Waals surface area contributed by atoms with E-state index in [1.165, 1.54) is 17.9 Å². The minimum Gasteiger partial charge on any atom is -0.481 e. The molecule has 3 atom stereocenters. The van der Waals surface area contributed by atoms with Gasteiger partial charge in [0.15, 0.2) is 0 Å². The van der Waals surface area contributed by atoms with E-state index in [4.69, 9.17) is 19.6 Å². The van der Waals surface area contributed by atoms with Crippen LogP contribution in [0.2, 0.25) is 0 Å². The van der Waals surface area contributed by atoms with Gasteiger partial charge in [-0.1, -0.05) is 32.9 Å². The number of carbonyl (C=O) groups excluding carboxylic acids is 5. The van der Waals surface area contributed by atoms with Crippen LogP contribution >= 0.6 is 0 Å². The van der Waals surface area contributed by atoms with Crippen molar-refractivity contribution in [2.45, 2.75) is 116 Å². The number of hydrogen-bond acceptors (Lipinski definition) is 13. The summed E-state index contributed by atoms with van der Waals surface area (Å²) in [5.74, 6) is -2.79. The number of rotatable bonds is 21. The first-order valence-electron chi connectivity index (χ1n) is 24.9. The number of piperidine rings is 1. The van der Waals surface area contributed by atoms with Gasteiger partial charge in [0, 0.05) is 62.6 Å². The third kappa shape index (κ3) is 13.6. The molecule has 75 heavy (non-hydrogen) atoms. The molecule has 0 radical (unpaired) electrons. The number of nitrogens with one attached hydrogen (secondary N) is 3. The average molecular weight is 1040 g/mol. The third-order valence-electron chi connectivity index (χ3n) is 13.6. The summed E-state index contributed by atoms with van der Waals surface area (Å²) in [6.45, 7) is 8.16. The molecule has 2 saturated heterocycles. The maximum absolute atomic E-state index is 14.9. The molecule has 4 N–H and O–H groups in total. The predicted octanol–water partition coefficient (Wildman–Crippen LogP) is 6.03. The lowest BCUT2D eigenvalue weighted by atomic mass is 9.75. The number of aryl methyl sites for hydroxylation is 1. The molecule has 7 rings (SSSR count). The van der Waals surface area contributed by atoms with Crippen LogP contribution in [0, 0.1) is 23.2 Å². The molecule has 0 aliphatic carbocycles. The zero-order valence-corrected chi connectivity index (χ0v) is 42.5. The van der Waals surface area contributed by atoms with Gasteiger partial charge >= 0.3 is 18.2 Å². The Morgan fingerprint density at radius 2 is 1.77 bits per heavy atom. The third-order valence-corrected chi connectivity index (χ3v) is 13.6. The summed E-state index contributed by atoms with van der Waals surface area (Å²) < 4.78 is 58.0. The molecule has 2 fully saturated rings. The van der Waals surface area contributed by atoms with Crippen LogP contribution < -0.4 is 25.8 Å². The van der Waals surface area contributed by atoms with Crippen LogP contribution in [0.3, 0.4) is 0 Å². The molecule has 5 heterocycles. The number of alkyl halides is 3. The van der Waals surface area contributed by atoms with Gasteiger partial charge in [-0.05, 0) is 103 Å². The molecular formula is C52H62F3N11O9. The van der Waals surface area contributed by atoms with Crippen LogP contribution in [-0.4, -0.2) is 110 Å². The van der Waals surface area contributed by atoms with Crippen LogP contribution in [0.15, 0.2) is 54.9 Å². The number of likely N-dealkylation sites (tertiary alicyclic amines) is 1. The van der Waals surface area contributed by atoms with Crippen LogP contribution in [0.1, 0.15) is 110 Å². The highest BCUT2D eigenvalue weighted by Gasteiger charge is 2.45. The minimum atomic E-state index is -4.77. The lowest BCUT2D eigenvalue weighted by molar-refractivity contribution is -0.138. The number of halogens is 3. The lowest BCUT2D eigenvalue weighted by Gasteiger charge is -2.42. The summed E-state index contributed by atoms with van der Waals surface area (Å²) in [7, 11) is 1.78. The van der Waals surface area contributed by atoms with Gasteiger partial charge in [0.1, 0.15) is 42.5 Å². The van der Waals surface area contributed by atoms with Crippen molar-refractivity contribution in [3.05, 3.63) is 94.1 Å². The molecule has 23 heteroatoms. The summed E-state index contributed by atoms with van der Waals surface area (Å²) in [5, 5.41) is 34.8. The Morgan fingerprint density at radius 3 is 2.40 bits per heavy atom. The van der Waals surface area contributed by atoms with E-state index in [-0.39, 0.29) is 87.3 Å². The summed E-state index contributed by atoms with van der Waals surface area (Å²) in [5.41, 5.74) is -0.201. The van der Waals surface area contributed by atoms with Gasteiger partial charge in [0.2, 0.25) is 17.7 Å². The van der Waals surface area contributed by atoms with E-state index in [1.54, 1.807) is 68.2 Å². The van der Waals surface area contributed by atoms with E-state index in [0.717, 1.165) is 36.9 Å². The van der Waals surface area contributed by atoms with Crippen molar-refractivity contribution in [2.24, 2.45) is 18.9 Å². The molecular weight excluding hydrogens is 980 g/mol. The molecule has 2 aromatic heterocycles. The molecule has 3 aliphatic heterocycles. The number of benzene rings is 2. The van der Waals surface area contributed by atoms with Crippen molar-refractivity contribution in [1.82, 2.24) is 35.3 Å². The van der Waals surface area contributed by atoms with Crippen LogP contribution in [0.5, 0.6) is 0 Å². The number of aliphatic carboxylic acids is 1. The van der Waals surface area contributed by atoms with Crippen LogP contribution in [0.25, 0.3) is 0 Å². The first-order valence-corrected chi connectivity index (χ1v) is 24.9. The molecule has 3 aliphatic rings. The van der Waals surface area contributed by atoms with Crippen LogP contribution in [0.4, 0.5) is 35.3 Å². The van der Waals surface area contributed by atoms with Gasteiger partial charge in [-0.3, -0.25) is 38.7 Å². The number of pyridine rings is 1. The molecule has 5 amide bonds. The summed E-state index contributed by atoms with van der Waals surface area (Å²) in [4.78, 5) is 87.3. The van der Waals surface area contributed by atoms with Crippen molar-refractivity contribution in [3.63, 3.8) is 0 Å². The van der Waals surface area contributed by atoms with Crippen LogP contribution in [-0.2, 0) is 73.4 Å². The van der Waals surface area contributed by atoms with E-state index in [0.29, 0.717) is 40.5 Å². The Morgan fingerprint density at radius 1 is 1.03 bits per heavy atom. The quantitative estimate of drug-likeness (QED) is 0.0744. The second-order valence-electron chi connectivity index (χ2n) is 20.0. The Hall–Kier alpha value is -7.45. The number of ether oxygens (including phenoxy) is 2. The highest BCUT2D eigenvalue weighted by atomic mass is 19.4. The fourth-order valence-corrected chi connectivity index (χ4v) is 9.43. The van der Waals surface area contributed by atoms with E-state index in [2.05, 4.69) is 38.0 Å². The predicted molar refractivity (Wildman–Crippen MR) is 266 cm³/mol. The monoisotopic (exact) mass is 1040 g/mol. The number of anilines is 3. The molecule has 4 aromatic rings. The fourth-order valence-electron chi connectivity index (χ4n) is 9.43. The highest BCUT2D eigenvalue weighted by Crippen LogP contribution is 2.43. The van der Waals surface area contributed by atoms with Crippen molar-refractivity contribution in [2.75, 3.05) is 48.0 Å². The molecule has 400 valence electrons. The van der Waals surface area contributed by atoms with Gasteiger partial charge < -0.3 is 35.1 Å². The Balaban J connectivity index is 1.09. The molecule has 2 unspecified atom stereocenters. The Labute approximate surface area is 431 Å². The normalized spacial score (nSPS) is 17.0. The number of nitrogens with zero attached hydrogens (tertiary/aromatic N) is 8. The second-order valence-corrected chi connectivity index (χ2v) is 20.0. The highest BCUT2D eigenvalue weighted by molar-refractivity contribution is 6.10. The van der Waals surface area contributed by atoms with Crippen molar-refractivity contribution in [3.8, 4) is 6.07 Å². The number of carboxylic acids is 1. The van der Waals surface area contributed by atoms with Crippen molar-refractivity contribution in [1.29, 1.82) is 5.26 Å². The second kappa shape index (κ2) is 23.8. The Kier molecular flexibility index (Phi) is 17.6. The number of amides is 5. The SMILES string of the molecule is CC(NC(=O)C(NC(=O)CCCC(=O)O)C(C)C)C(=O)Nc1ccc(COC(=O)N(CCC#N)c2cc(C3(Cc4nncn4C)COC3)cc(N3Cc4c(cc(CN5CCC[C@H](C)C5)cc4C(F)(F)F)C3=O)n2)cc1. The smallest absolute Gasteiger partial charge is 0.416 e. The fraction of sp³-hybridized carbons (Fsp3) is 0.500. The summed E-state index contributed by atoms with van der Waals surface area (Å²) in [6.07, 6.45) is -2.23. The number of nitriles is 1. The Bertz CT molecular complexity index is 2810. The summed E-state index contributed by atoms with van der Waals surface area (Å²) >= 11 is 0. The van der Waals surface area contributed by atoms with Gasteiger partial charge in [-0.2, -0.15) is 18.4 Å². The van der Waals surface area contributed by atoms with Gasteiger partial charge in [0.05, 0.1) is 37.8 Å². The number of carbonyl (C=O) groups is 6. The largest absolute Gasteiger partial charge is 0.481 e. The number of carboxylic acid groups (broad SMARTS) is 1. The minimum absolute atomic E-state index is 0.0229. The van der Waals surface area contributed by atoms with Gasteiger partial charge in [0.25, 0.3) is 5.91 Å². The first kappa shape index (κ1) is 55.3. The maximum atomic E-state index is 14.9. The molecule has 0 bridgehead atoms. The van der Waals surface area contributed by atoms with Crippen molar-refractivity contribution >= 4 is 53.0 Å². The number of hydrogen-bond donors (Lipinski definition) is 4. The average Bonchev–Trinajstić information content (AvgIpc) is 3.91. The van der Waals surface area contributed by atoms with E-state index >= 15 is 0 Å². The number of fused-ring (bicyclic) bond motifs is 1. The first-order chi connectivity index (χ1) is 35.6. The van der Waals surface area contributed by atoms with E-state index < -0.39 is 71.5 Å². The molecule has 20 nitrogen and oxygen atoms in total. The lowest BCUT2D eigenvalue weighted by Crippen LogP contribution is -2.53. The van der Waals surface area contributed by atoms with E-state index in [1.807, 2.05) is 6.07 Å². The zero-order valence-electron chi connectivity index (χ0n) is 42.5. The van der Waals surface area contributed by atoms with Gasteiger partial charge in [-0.25, -0.2) is 9.78 Å². The molecule has 0 saturated carbocycles. The molecule has 2 aromatic carbocycles. The van der Waals surface area contributed by atoms with Gasteiger partial charge in [-0.15, -0.1) is 10.2 Å². The standard InChI is InChI=1S/C52H62F3N11O9/c1-31(2)46(61-44(67)10-6-11-45(68)69)48(71)58-33(4)47(70)59-37-14-12-34(13-15-37)27-75-50(73)65(18-8-16-56)41-21-36(51(28-74-29-51)23-43-62-57-30-63(43)5)22-42(60-41)66-26-39-38(49(66)72)19-35(20-40(39)52(53,54)55)25-64-17-7-9-32(3)24-64/h12-15,19-22,30-33,46H,6-11,17-18,23-29H2,1-5H3,(H,58,71)(H,59,70)(H,61,67)(H,68,69)/t32-,33?,46?/m0/s1.